The molecule has 0 radical (unpaired) electrons. The minimum Gasteiger partial charge on any atom is -0.359 e. The van der Waals surface area contributed by atoms with E-state index in [-0.39, 0.29) is 5.91 Å². The Bertz CT molecular complexity index is 258. The molecule has 2 N–H and O–H groups in total. The van der Waals surface area contributed by atoms with Gasteiger partial charge >= 0.3 is 0 Å². The Balaban J connectivity index is 2.36. The van der Waals surface area contributed by atoms with E-state index >= 15 is 0 Å². The van der Waals surface area contributed by atoms with Crippen LogP contribution < -0.4 is 10.6 Å². The predicted octanol–water partition coefficient (Wildman–Crippen LogP) is 1.76. The number of hydrogen-bond donors (Lipinski definition) is 2. The first-order valence-electron chi connectivity index (χ1n) is 7.87. The van der Waals surface area contributed by atoms with Gasteiger partial charge in [-0.1, -0.05) is 13.3 Å². The number of rotatable bonds is 8. The molecule has 1 aliphatic rings. The van der Waals surface area contributed by atoms with E-state index in [4.69, 9.17) is 0 Å². The number of piperidine rings is 1. The Kier molecular flexibility index (Phi) is 8.07. The molecule has 1 aliphatic heterocycles. The Hall–Kier alpha value is -0.610. The zero-order valence-electron chi connectivity index (χ0n) is 12.9. The van der Waals surface area contributed by atoms with Crippen molar-refractivity contribution in [3.63, 3.8) is 0 Å². The highest BCUT2D eigenvalue weighted by Crippen LogP contribution is 2.20. The summed E-state index contributed by atoms with van der Waals surface area (Å²) in [5.41, 5.74) is 0. The van der Waals surface area contributed by atoms with Crippen LogP contribution in [0.2, 0.25) is 0 Å². The fraction of sp³-hybridized carbons (Fsp3) is 0.933. The molecule has 4 nitrogen and oxygen atoms in total. The lowest BCUT2D eigenvalue weighted by Gasteiger charge is -2.39. The van der Waals surface area contributed by atoms with Gasteiger partial charge in [0.25, 0.3) is 0 Å². The van der Waals surface area contributed by atoms with Crippen LogP contribution in [0, 0.1) is 0 Å². The van der Waals surface area contributed by atoms with Crippen LogP contribution in [0.3, 0.4) is 0 Å². The largest absolute Gasteiger partial charge is 0.359 e. The number of amides is 1. The van der Waals surface area contributed by atoms with E-state index in [0.717, 1.165) is 19.5 Å². The number of carbonyl (C=O) groups excluding carboxylic acids is 1. The van der Waals surface area contributed by atoms with Gasteiger partial charge in [0.15, 0.2) is 0 Å². The molecule has 0 aromatic carbocycles. The summed E-state index contributed by atoms with van der Waals surface area (Å²) in [6.45, 7) is 7.86. The third kappa shape index (κ3) is 5.91. The number of likely N-dealkylation sites (tertiary alicyclic amines) is 1. The molecule has 0 spiro atoms. The molecule has 1 fully saturated rings. The molecule has 2 unspecified atom stereocenters. The fourth-order valence-electron chi connectivity index (χ4n) is 2.94. The summed E-state index contributed by atoms with van der Waals surface area (Å²) < 4.78 is 0. The highest BCUT2D eigenvalue weighted by molar-refractivity contribution is 5.75. The average Bonchev–Trinajstić information content (AvgIpc) is 2.45. The van der Waals surface area contributed by atoms with Crippen LogP contribution in [0.4, 0.5) is 0 Å². The van der Waals surface area contributed by atoms with Crippen LogP contribution in [0.5, 0.6) is 0 Å². The minimum absolute atomic E-state index is 0.158. The van der Waals surface area contributed by atoms with Gasteiger partial charge in [-0.15, -0.1) is 0 Å². The zero-order valence-corrected chi connectivity index (χ0v) is 12.9. The lowest BCUT2D eigenvalue weighted by molar-refractivity contribution is -0.120. The van der Waals surface area contributed by atoms with Gasteiger partial charge in [0.2, 0.25) is 5.91 Å². The summed E-state index contributed by atoms with van der Waals surface area (Å²) >= 11 is 0. The highest BCUT2D eigenvalue weighted by Gasteiger charge is 2.26. The van der Waals surface area contributed by atoms with Crippen molar-refractivity contribution in [2.45, 2.75) is 64.5 Å². The first-order chi connectivity index (χ1) is 9.19. The van der Waals surface area contributed by atoms with Gasteiger partial charge in [-0.05, 0) is 52.2 Å². The Morgan fingerprint density at radius 3 is 2.89 bits per heavy atom. The lowest BCUT2D eigenvalue weighted by Crippen LogP contribution is -2.51. The van der Waals surface area contributed by atoms with Gasteiger partial charge < -0.3 is 10.6 Å². The molecule has 0 bridgehead atoms. The van der Waals surface area contributed by atoms with Crippen molar-refractivity contribution in [3.8, 4) is 0 Å². The maximum atomic E-state index is 11.3. The summed E-state index contributed by atoms with van der Waals surface area (Å²) in [6, 6.07) is 1.20. The van der Waals surface area contributed by atoms with E-state index in [9.17, 15) is 4.79 Å². The van der Waals surface area contributed by atoms with Crippen molar-refractivity contribution in [1.29, 1.82) is 0 Å². The quantitative estimate of drug-likeness (QED) is 0.706. The molecule has 1 heterocycles. The molecule has 2 atom stereocenters. The van der Waals surface area contributed by atoms with Crippen LogP contribution >= 0.6 is 0 Å². The minimum atomic E-state index is 0.158. The number of nitrogens with zero attached hydrogens (tertiary/aromatic N) is 1. The maximum absolute atomic E-state index is 11.3. The molecule has 112 valence electrons. The summed E-state index contributed by atoms with van der Waals surface area (Å²) in [5.74, 6) is 0.158. The molecule has 0 saturated carbocycles. The summed E-state index contributed by atoms with van der Waals surface area (Å²) in [4.78, 5) is 13.9. The van der Waals surface area contributed by atoms with Crippen LogP contribution in [0.25, 0.3) is 0 Å². The second-order valence-corrected chi connectivity index (χ2v) is 5.62. The van der Waals surface area contributed by atoms with Gasteiger partial charge in [0.05, 0.1) is 0 Å². The molecule has 4 heteroatoms. The lowest BCUT2D eigenvalue weighted by atomic mass is 9.96. The van der Waals surface area contributed by atoms with E-state index in [0.29, 0.717) is 18.5 Å². The summed E-state index contributed by atoms with van der Waals surface area (Å²) in [6.07, 6.45) is 6.74. The van der Waals surface area contributed by atoms with Crippen LogP contribution in [0.1, 0.15) is 52.4 Å². The van der Waals surface area contributed by atoms with Crippen LogP contribution in [-0.4, -0.2) is 49.6 Å². The second kappa shape index (κ2) is 9.32. The van der Waals surface area contributed by atoms with Crippen molar-refractivity contribution in [3.05, 3.63) is 0 Å². The smallest absolute Gasteiger partial charge is 0.219 e. The number of carbonyl (C=O) groups is 1. The zero-order chi connectivity index (χ0) is 14.1. The normalized spacial score (nSPS) is 22.2. The van der Waals surface area contributed by atoms with E-state index < -0.39 is 0 Å². The Morgan fingerprint density at radius 2 is 2.21 bits per heavy atom. The van der Waals surface area contributed by atoms with Crippen LogP contribution in [-0.2, 0) is 4.79 Å². The van der Waals surface area contributed by atoms with Crippen molar-refractivity contribution in [1.82, 2.24) is 15.5 Å². The maximum Gasteiger partial charge on any atom is 0.219 e. The topological polar surface area (TPSA) is 44.4 Å². The van der Waals surface area contributed by atoms with Crippen molar-refractivity contribution >= 4 is 5.91 Å². The van der Waals surface area contributed by atoms with E-state index in [1.54, 1.807) is 7.05 Å². The highest BCUT2D eigenvalue weighted by atomic mass is 16.1. The second-order valence-electron chi connectivity index (χ2n) is 5.62. The average molecular weight is 269 g/mol. The number of nitrogens with one attached hydrogen (secondary N) is 2. The van der Waals surface area contributed by atoms with Gasteiger partial charge in [-0.25, -0.2) is 0 Å². The van der Waals surface area contributed by atoms with E-state index in [1.807, 2.05) is 0 Å². The van der Waals surface area contributed by atoms with Crippen LogP contribution in [0.15, 0.2) is 0 Å². The third-order valence-electron chi connectivity index (χ3n) is 4.09. The first-order valence-corrected chi connectivity index (χ1v) is 7.87. The molecule has 1 rings (SSSR count). The summed E-state index contributed by atoms with van der Waals surface area (Å²) in [7, 11) is 1.71. The van der Waals surface area contributed by atoms with Crippen molar-refractivity contribution in [2.24, 2.45) is 0 Å². The molecule has 1 saturated heterocycles. The number of hydrogen-bond acceptors (Lipinski definition) is 3. The van der Waals surface area contributed by atoms with Crippen molar-refractivity contribution in [2.75, 3.05) is 26.7 Å². The first kappa shape index (κ1) is 16.4. The summed E-state index contributed by atoms with van der Waals surface area (Å²) in [5, 5.41) is 6.32. The fourth-order valence-corrected chi connectivity index (χ4v) is 2.94. The Labute approximate surface area is 118 Å². The Morgan fingerprint density at radius 1 is 1.42 bits per heavy atom. The van der Waals surface area contributed by atoms with Crippen molar-refractivity contribution < 1.29 is 4.79 Å². The van der Waals surface area contributed by atoms with Gasteiger partial charge in [-0.2, -0.15) is 0 Å². The molecule has 0 aromatic heterocycles. The monoisotopic (exact) mass is 269 g/mol. The van der Waals surface area contributed by atoms with Gasteiger partial charge in [-0.3, -0.25) is 9.69 Å². The molecule has 0 aromatic rings. The predicted molar refractivity (Wildman–Crippen MR) is 80.3 cm³/mol. The molecular formula is C15H31N3O. The molecule has 0 aliphatic carbocycles. The molecular weight excluding hydrogens is 238 g/mol. The van der Waals surface area contributed by atoms with Gasteiger partial charge in [0.1, 0.15) is 0 Å². The molecule has 19 heavy (non-hydrogen) atoms. The third-order valence-corrected chi connectivity index (χ3v) is 4.09. The van der Waals surface area contributed by atoms with E-state index in [2.05, 4.69) is 29.4 Å². The van der Waals surface area contributed by atoms with E-state index in [1.165, 1.54) is 32.2 Å². The SMILES string of the molecule is CCCNC(C)C1CCCCN1CCCC(=O)NC. The standard InChI is InChI=1S/C15H31N3O/c1-4-10-17-13(2)14-8-5-6-11-18(14)12-7-9-15(19)16-3/h13-14,17H,4-12H2,1-3H3,(H,16,19). The molecule has 1 amide bonds. The van der Waals surface area contributed by atoms with Gasteiger partial charge in [0, 0.05) is 25.6 Å².